The standard InChI is InChI=1S/C8H12N2O2S/c1-9-10-13(11,12)7-8-5-3-2-4-6-8/h2-6,9-10H,7H2,1H3. The van der Waals surface area contributed by atoms with Crippen LogP contribution in [0, 0.1) is 0 Å². The van der Waals surface area contributed by atoms with Crippen LogP contribution in [0.25, 0.3) is 0 Å². The van der Waals surface area contributed by atoms with Gasteiger partial charge in [0.05, 0.1) is 5.75 Å². The van der Waals surface area contributed by atoms with E-state index < -0.39 is 10.0 Å². The Balaban J connectivity index is 2.70. The Labute approximate surface area is 78.0 Å². The fourth-order valence-corrected chi connectivity index (χ4v) is 2.00. The lowest BCUT2D eigenvalue weighted by molar-refractivity contribution is 0.569. The van der Waals surface area contributed by atoms with Crippen LogP contribution in [-0.4, -0.2) is 15.5 Å². The van der Waals surface area contributed by atoms with Gasteiger partial charge in [-0.05, 0) is 12.6 Å². The predicted molar refractivity (Wildman–Crippen MR) is 51.3 cm³/mol. The molecule has 0 aliphatic carbocycles. The first-order chi connectivity index (χ1) is 6.14. The highest BCUT2D eigenvalue weighted by atomic mass is 32.2. The van der Waals surface area contributed by atoms with Crippen LogP contribution in [0.1, 0.15) is 5.56 Å². The molecule has 5 heteroatoms. The van der Waals surface area contributed by atoms with Crippen molar-refractivity contribution in [2.75, 3.05) is 7.05 Å². The van der Waals surface area contributed by atoms with Crippen LogP contribution in [0.4, 0.5) is 0 Å². The van der Waals surface area contributed by atoms with Crippen LogP contribution >= 0.6 is 0 Å². The van der Waals surface area contributed by atoms with Gasteiger partial charge in [-0.3, -0.25) is 0 Å². The maximum absolute atomic E-state index is 11.2. The summed E-state index contributed by atoms with van der Waals surface area (Å²) >= 11 is 0. The minimum absolute atomic E-state index is 0.00528. The van der Waals surface area contributed by atoms with E-state index in [4.69, 9.17) is 0 Å². The molecule has 0 radical (unpaired) electrons. The van der Waals surface area contributed by atoms with Gasteiger partial charge >= 0.3 is 0 Å². The van der Waals surface area contributed by atoms with Crippen LogP contribution in [0.3, 0.4) is 0 Å². The largest absolute Gasteiger partial charge is 0.247 e. The minimum Gasteiger partial charge on any atom is -0.247 e. The van der Waals surface area contributed by atoms with E-state index in [9.17, 15) is 8.42 Å². The third kappa shape index (κ3) is 3.54. The molecule has 0 saturated heterocycles. The van der Waals surface area contributed by atoms with Crippen molar-refractivity contribution < 1.29 is 8.42 Å². The Kier molecular flexibility index (Phi) is 3.41. The van der Waals surface area contributed by atoms with Crippen molar-refractivity contribution in [2.45, 2.75) is 5.75 Å². The molecule has 13 heavy (non-hydrogen) atoms. The zero-order chi connectivity index (χ0) is 9.73. The van der Waals surface area contributed by atoms with Crippen LogP contribution in [0.2, 0.25) is 0 Å². The molecule has 0 atom stereocenters. The Morgan fingerprint density at radius 1 is 1.23 bits per heavy atom. The van der Waals surface area contributed by atoms with Gasteiger partial charge in [-0.1, -0.05) is 30.3 Å². The SMILES string of the molecule is CNNS(=O)(=O)Cc1ccccc1. The van der Waals surface area contributed by atoms with E-state index in [2.05, 4.69) is 10.3 Å². The lowest BCUT2D eigenvalue weighted by Gasteiger charge is -2.04. The maximum atomic E-state index is 11.2. The molecule has 0 amide bonds. The molecule has 0 saturated carbocycles. The van der Waals surface area contributed by atoms with Gasteiger partial charge in [0.15, 0.2) is 0 Å². The highest BCUT2D eigenvalue weighted by Crippen LogP contribution is 2.02. The van der Waals surface area contributed by atoms with Gasteiger partial charge in [-0.2, -0.15) is 4.83 Å². The molecule has 0 aromatic heterocycles. The van der Waals surface area contributed by atoms with Gasteiger partial charge in [-0.15, -0.1) is 0 Å². The van der Waals surface area contributed by atoms with E-state index >= 15 is 0 Å². The normalized spacial score (nSPS) is 11.5. The predicted octanol–water partition coefficient (Wildman–Crippen LogP) is 0.240. The molecule has 0 aliphatic rings. The second-order valence-electron chi connectivity index (χ2n) is 2.60. The lowest BCUT2D eigenvalue weighted by atomic mass is 10.2. The zero-order valence-electron chi connectivity index (χ0n) is 7.32. The quantitative estimate of drug-likeness (QED) is 0.684. The van der Waals surface area contributed by atoms with E-state index in [1.807, 2.05) is 18.2 Å². The maximum Gasteiger partial charge on any atom is 0.228 e. The number of hydrogen-bond donors (Lipinski definition) is 2. The van der Waals surface area contributed by atoms with Gasteiger partial charge < -0.3 is 0 Å². The highest BCUT2D eigenvalue weighted by Gasteiger charge is 2.08. The fourth-order valence-electron chi connectivity index (χ4n) is 0.985. The molecule has 0 bridgehead atoms. The van der Waals surface area contributed by atoms with Crippen molar-refractivity contribution in [3.05, 3.63) is 35.9 Å². The van der Waals surface area contributed by atoms with Crippen molar-refractivity contribution in [3.8, 4) is 0 Å². The minimum atomic E-state index is -3.25. The van der Waals surface area contributed by atoms with Crippen LogP contribution in [0.15, 0.2) is 30.3 Å². The van der Waals surface area contributed by atoms with Crippen molar-refractivity contribution in [3.63, 3.8) is 0 Å². The number of rotatable bonds is 4. The summed E-state index contributed by atoms with van der Waals surface area (Å²) in [5.41, 5.74) is 3.16. The first kappa shape index (κ1) is 10.2. The summed E-state index contributed by atoms with van der Waals surface area (Å²) in [5.74, 6) is -0.00528. The summed E-state index contributed by atoms with van der Waals surface area (Å²) in [7, 11) is -1.73. The molecule has 0 unspecified atom stereocenters. The second kappa shape index (κ2) is 4.36. The third-order valence-corrected chi connectivity index (χ3v) is 2.69. The van der Waals surface area contributed by atoms with Gasteiger partial charge in [-0.25, -0.2) is 13.8 Å². The Morgan fingerprint density at radius 3 is 2.38 bits per heavy atom. The second-order valence-corrected chi connectivity index (χ2v) is 4.32. The molecular weight excluding hydrogens is 188 g/mol. The summed E-state index contributed by atoms with van der Waals surface area (Å²) in [6.07, 6.45) is 0. The van der Waals surface area contributed by atoms with Crippen molar-refractivity contribution in [2.24, 2.45) is 0 Å². The summed E-state index contributed by atoms with van der Waals surface area (Å²) in [4.78, 5) is 2.19. The summed E-state index contributed by atoms with van der Waals surface area (Å²) in [6.45, 7) is 0. The highest BCUT2D eigenvalue weighted by molar-refractivity contribution is 7.88. The summed E-state index contributed by atoms with van der Waals surface area (Å²) in [5, 5.41) is 0. The van der Waals surface area contributed by atoms with Crippen LogP contribution < -0.4 is 10.3 Å². The van der Waals surface area contributed by atoms with Crippen LogP contribution in [0.5, 0.6) is 0 Å². The Morgan fingerprint density at radius 2 is 1.85 bits per heavy atom. The molecule has 0 aliphatic heterocycles. The van der Waals surface area contributed by atoms with E-state index in [-0.39, 0.29) is 5.75 Å². The molecule has 0 heterocycles. The van der Waals surface area contributed by atoms with Crippen molar-refractivity contribution in [1.82, 2.24) is 10.3 Å². The van der Waals surface area contributed by atoms with E-state index in [1.54, 1.807) is 12.1 Å². The Bertz CT molecular complexity index is 348. The fraction of sp³-hybridized carbons (Fsp3) is 0.250. The number of nitrogens with one attached hydrogen (secondary N) is 2. The average Bonchev–Trinajstić information content (AvgIpc) is 2.04. The molecule has 2 N–H and O–H groups in total. The van der Waals surface area contributed by atoms with E-state index in [0.29, 0.717) is 0 Å². The smallest absolute Gasteiger partial charge is 0.228 e. The number of benzene rings is 1. The third-order valence-electron chi connectivity index (χ3n) is 1.46. The topological polar surface area (TPSA) is 58.2 Å². The molecule has 0 fully saturated rings. The lowest BCUT2D eigenvalue weighted by Crippen LogP contribution is -2.35. The molecule has 1 rings (SSSR count). The molecule has 72 valence electrons. The van der Waals surface area contributed by atoms with E-state index in [0.717, 1.165) is 5.56 Å². The average molecular weight is 200 g/mol. The monoisotopic (exact) mass is 200 g/mol. The summed E-state index contributed by atoms with van der Waals surface area (Å²) < 4.78 is 22.5. The molecule has 1 aromatic rings. The van der Waals surface area contributed by atoms with Crippen molar-refractivity contribution in [1.29, 1.82) is 0 Å². The number of hydrazine groups is 1. The number of sulfonamides is 1. The summed E-state index contributed by atoms with van der Waals surface area (Å²) in [6, 6.07) is 9.01. The molecular formula is C8H12N2O2S. The Hall–Kier alpha value is -0.910. The van der Waals surface area contributed by atoms with E-state index in [1.165, 1.54) is 7.05 Å². The van der Waals surface area contributed by atoms with Crippen LogP contribution in [-0.2, 0) is 15.8 Å². The number of hydrogen-bond acceptors (Lipinski definition) is 3. The van der Waals surface area contributed by atoms with Gasteiger partial charge in [0.1, 0.15) is 0 Å². The van der Waals surface area contributed by atoms with Gasteiger partial charge in [0.25, 0.3) is 0 Å². The first-order valence-corrected chi connectivity index (χ1v) is 5.49. The first-order valence-electron chi connectivity index (χ1n) is 3.84. The zero-order valence-corrected chi connectivity index (χ0v) is 8.14. The van der Waals surface area contributed by atoms with Gasteiger partial charge in [0.2, 0.25) is 10.0 Å². The van der Waals surface area contributed by atoms with Crippen molar-refractivity contribution >= 4 is 10.0 Å². The molecule has 4 nitrogen and oxygen atoms in total. The molecule has 1 aromatic carbocycles. The van der Waals surface area contributed by atoms with Gasteiger partial charge in [0, 0.05) is 0 Å². The molecule has 0 spiro atoms.